The Morgan fingerprint density at radius 2 is 1.25 bits per heavy atom. The average molecular weight is 220 g/mol. The molecule has 0 aliphatic heterocycles. The molecule has 2 nitrogen and oxygen atoms in total. The molecular weight excluding hydrogens is 196 g/mol. The second-order valence-corrected chi connectivity index (χ2v) is 4.50. The van der Waals surface area contributed by atoms with Crippen molar-refractivity contribution in [1.82, 2.24) is 9.97 Å². The van der Waals surface area contributed by atoms with Gasteiger partial charge in [0.25, 0.3) is 0 Å². The number of hydrogen-bond donors (Lipinski definition) is 0. The van der Waals surface area contributed by atoms with Crippen molar-refractivity contribution in [3.05, 3.63) is 22.8 Å². The van der Waals surface area contributed by atoms with E-state index < -0.39 is 0 Å². The highest BCUT2D eigenvalue weighted by molar-refractivity contribution is 5.24. The normalized spacial score (nSPS) is 10.8. The van der Waals surface area contributed by atoms with Crippen LogP contribution in [0.15, 0.2) is 0 Å². The van der Waals surface area contributed by atoms with E-state index in [-0.39, 0.29) is 0 Å². The third-order valence-corrected chi connectivity index (χ3v) is 2.99. The van der Waals surface area contributed by atoms with Crippen LogP contribution in [0.1, 0.15) is 62.3 Å². The van der Waals surface area contributed by atoms with Gasteiger partial charge in [-0.1, -0.05) is 26.7 Å². The number of hydrogen-bond acceptors (Lipinski definition) is 2. The minimum absolute atomic E-state index is 0.933. The highest BCUT2D eigenvalue weighted by Crippen LogP contribution is 2.15. The molecule has 1 rings (SSSR count). The van der Waals surface area contributed by atoms with Crippen LogP contribution in [0.3, 0.4) is 0 Å². The minimum Gasteiger partial charge on any atom is -0.238 e. The Balaban J connectivity index is 2.86. The molecular formula is C14H24N2. The molecule has 0 unspecified atom stereocenters. The van der Waals surface area contributed by atoms with Crippen LogP contribution in [0.4, 0.5) is 0 Å². The Kier molecular flexibility index (Phi) is 5.44. The summed E-state index contributed by atoms with van der Waals surface area (Å²) in [5.74, 6) is 0.933. The Hall–Kier alpha value is -0.920. The zero-order valence-corrected chi connectivity index (χ0v) is 11.1. The van der Waals surface area contributed by atoms with Crippen LogP contribution in [-0.2, 0) is 12.8 Å². The molecule has 16 heavy (non-hydrogen) atoms. The second kappa shape index (κ2) is 6.62. The maximum absolute atomic E-state index is 4.57. The van der Waals surface area contributed by atoms with Crippen molar-refractivity contribution in [2.24, 2.45) is 0 Å². The summed E-state index contributed by atoms with van der Waals surface area (Å²) < 4.78 is 0. The van der Waals surface area contributed by atoms with Crippen LogP contribution in [0, 0.1) is 13.8 Å². The SMILES string of the molecule is CCCCc1nc(C)nc(CCCC)c1C. The van der Waals surface area contributed by atoms with Crippen molar-refractivity contribution < 1.29 is 0 Å². The summed E-state index contributed by atoms with van der Waals surface area (Å²) >= 11 is 0. The summed E-state index contributed by atoms with van der Waals surface area (Å²) in [4.78, 5) is 9.14. The summed E-state index contributed by atoms with van der Waals surface area (Å²) in [6.45, 7) is 8.63. The van der Waals surface area contributed by atoms with Gasteiger partial charge in [-0.15, -0.1) is 0 Å². The summed E-state index contributed by atoms with van der Waals surface area (Å²) in [6, 6.07) is 0. The van der Waals surface area contributed by atoms with Gasteiger partial charge in [-0.25, -0.2) is 9.97 Å². The van der Waals surface area contributed by atoms with Gasteiger partial charge in [0.15, 0.2) is 0 Å². The Morgan fingerprint density at radius 3 is 1.62 bits per heavy atom. The first-order valence-corrected chi connectivity index (χ1v) is 6.52. The lowest BCUT2D eigenvalue weighted by molar-refractivity contribution is 0.728. The van der Waals surface area contributed by atoms with Crippen LogP contribution in [0.5, 0.6) is 0 Å². The van der Waals surface area contributed by atoms with Gasteiger partial charge in [0.05, 0.1) is 0 Å². The number of nitrogens with zero attached hydrogens (tertiary/aromatic N) is 2. The monoisotopic (exact) mass is 220 g/mol. The summed E-state index contributed by atoms with van der Waals surface area (Å²) in [5.41, 5.74) is 3.86. The fraction of sp³-hybridized carbons (Fsp3) is 0.714. The van der Waals surface area contributed by atoms with Crippen molar-refractivity contribution in [2.45, 2.75) is 66.2 Å². The van der Waals surface area contributed by atoms with Crippen molar-refractivity contribution >= 4 is 0 Å². The second-order valence-electron chi connectivity index (χ2n) is 4.50. The molecule has 0 saturated carbocycles. The molecule has 0 radical (unpaired) electrons. The minimum atomic E-state index is 0.933. The van der Waals surface area contributed by atoms with Gasteiger partial charge >= 0.3 is 0 Å². The molecule has 0 aromatic carbocycles. The molecule has 0 amide bonds. The number of unbranched alkanes of at least 4 members (excludes halogenated alkanes) is 2. The van der Waals surface area contributed by atoms with E-state index in [2.05, 4.69) is 30.7 Å². The molecule has 0 fully saturated rings. The Bertz CT molecular complexity index is 303. The first-order chi connectivity index (χ1) is 7.69. The highest BCUT2D eigenvalue weighted by Gasteiger charge is 2.08. The molecule has 0 aliphatic carbocycles. The van der Waals surface area contributed by atoms with Gasteiger partial charge in [-0.05, 0) is 45.1 Å². The van der Waals surface area contributed by atoms with Crippen LogP contribution in [0.2, 0.25) is 0 Å². The smallest absolute Gasteiger partial charge is 0.125 e. The highest BCUT2D eigenvalue weighted by atomic mass is 14.9. The van der Waals surface area contributed by atoms with E-state index in [1.807, 2.05) is 6.92 Å². The summed E-state index contributed by atoms with van der Waals surface area (Å²) in [5, 5.41) is 0. The zero-order valence-electron chi connectivity index (χ0n) is 11.1. The van der Waals surface area contributed by atoms with Gasteiger partial charge in [-0.2, -0.15) is 0 Å². The van der Waals surface area contributed by atoms with E-state index in [1.165, 1.54) is 42.6 Å². The average Bonchev–Trinajstić information content (AvgIpc) is 2.28. The maximum atomic E-state index is 4.57. The van der Waals surface area contributed by atoms with E-state index in [1.54, 1.807) is 0 Å². The molecule has 0 aliphatic rings. The molecule has 90 valence electrons. The molecule has 0 N–H and O–H groups in total. The standard InChI is InChI=1S/C14H24N2/c1-5-7-9-13-11(3)14(10-8-6-2)16-12(4)15-13/h5-10H2,1-4H3. The van der Waals surface area contributed by atoms with Crippen molar-refractivity contribution in [3.8, 4) is 0 Å². The number of aromatic nitrogens is 2. The Labute approximate surface area is 99.5 Å². The Morgan fingerprint density at radius 1 is 0.812 bits per heavy atom. The van der Waals surface area contributed by atoms with E-state index in [9.17, 15) is 0 Å². The van der Waals surface area contributed by atoms with E-state index >= 15 is 0 Å². The van der Waals surface area contributed by atoms with Crippen LogP contribution in [0.25, 0.3) is 0 Å². The van der Waals surface area contributed by atoms with Crippen molar-refractivity contribution in [3.63, 3.8) is 0 Å². The lowest BCUT2D eigenvalue weighted by atomic mass is 10.0. The van der Waals surface area contributed by atoms with Crippen molar-refractivity contribution in [2.75, 3.05) is 0 Å². The summed E-state index contributed by atoms with van der Waals surface area (Å²) in [6.07, 6.45) is 7.12. The first-order valence-electron chi connectivity index (χ1n) is 6.52. The fourth-order valence-electron chi connectivity index (χ4n) is 1.93. The topological polar surface area (TPSA) is 25.8 Å². The van der Waals surface area contributed by atoms with Gasteiger partial charge < -0.3 is 0 Å². The predicted molar refractivity (Wildman–Crippen MR) is 68.7 cm³/mol. The lowest BCUT2D eigenvalue weighted by Gasteiger charge is -2.10. The molecule has 0 spiro atoms. The van der Waals surface area contributed by atoms with Crippen LogP contribution < -0.4 is 0 Å². The molecule has 0 atom stereocenters. The fourth-order valence-corrected chi connectivity index (χ4v) is 1.93. The molecule has 0 saturated heterocycles. The van der Waals surface area contributed by atoms with E-state index in [0.717, 1.165) is 18.7 Å². The van der Waals surface area contributed by atoms with Crippen molar-refractivity contribution in [1.29, 1.82) is 0 Å². The molecule has 1 heterocycles. The van der Waals surface area contributed by atoms with Gasteiger partial charge in [0.1, 0.15) is 5.82 Å². The van der Waals surface area contributed by atoms with Crippen LogP contribution in [-0.4, -0.2) is 9.97 Å². The van der Waals surface area contributed by atoms with Gasteiger partial charge in [0, 0.05) is 11.4 Å². The largest absolute Gasteiger partial charge is 0.238 e. The molecule has 0 bridgehead atoms. The van der Waals surface area contributed by atoms with Gasteiger partial charge in [-0.3, -0.25) is 0 Å². The molecule has 2 heteroatoms. The van der Waals surface area contributed by atoms with Gasteiger partial charge in [0.2, 0.25) is 0 Å². The predicted octanol–water partition coefficient (Wildman–Crippen LogP) is 3.78. The van der Waals surface area contributed by atoms with E-state index in [0.29, 0.717) is 0 Å². The number of aryl methyl sites for hydroxylation is 3. The van der Waals surface area contributed by atoms with Crippen LogP contribution >= 0.6 is 0 Å². The maximum Gasteiger partial charge on any atom is 0.125 e. The quantitative estimate of drug-likeness (QED) is 0.729. The molecule has 1 aromatic heterocycles. The van der Waals surface area contributed by atoms with E-state index in [4.69, 9.17) is 0 Å². The molecule has 1 aromatic rings. The number of rotatable bonds is 6. The lowest BCUT2D eigenvalue weighted by Crippen LogP contribution is -2.05. The third kappa shape index (κ3) is 3.58. The zero-order chi connectivity index (χ0) is 12.0. The summed E-state index contributed by atoms with van der Waals surface area (Å²) in [7, 11) is 0. The third-order valence-electron chi connectivity index (χ3n) is 2.99. The first kappa shape index (κ1) is 13.1.